The van der Waals surface area contributed by atoms with E-state index in [0.29, 0.717) is 12.1 Å². The molecule has 0 saturated heterocycles. The maximum atomic E-state index is 6.10. The summed E-state index contributed by atoms with van der Waals surface area (Å²) >= 11 is 0. The minimum absolute atomic E-state index is 0.378. The minimum Gasteiger partial charge on any atom is -0.490 e. The maximum Gasteiger partial charge on any atom is 0.120 e. The molecule has 3 rings (SSSR count). The summed E-state index contributed by atoms with van der Waals surface area (Å²) in [4.78, 5) is 2.34. The van der Waals surface area contributed by atoms with Crippen molar-refractivity contribution < 1.29 is 4.74 Å². The molecule has 0 spiro atoms. The second kappa shape index (κ2) is 6.17. The molecule has 0 amide bonds. The van der Waals surface area contributed by atoms with E-state index < -0.39 is 0 Å². The van der Waals surface area contributed by atoms with Crippen LogP contribution < -0.4 is 4.74 Å². The first-order valence-electron chi connectivity index (χ1n) is 7.68. The van der Waals surface area contributed by atoms with Crippen LogP contribution >= 0.6 is 0 Å². The average molecular weight is 269 g/mol. The fourth-order valence-corrected chi connectivity index (χ4v) is 3.01. The van der Waals surface area contributed by atoms with Crippen molar-refractivity contribution >= 4 is 0 Å². The summed E-state index contributed by atoms with van der Waals surface area (Å²) in [5, 5.41) is 0. The Morgan fingerprint density at radius 3 is 2.80 bits per heavy atom. The highest BCUT2D eigenvalue weighted by Crippen LogP contribution is 2.28. The van der Waals surface area contributed by atoms with Crippen molar-refractivity contribution in [3.63, 3.8) is 0 Å². The lowest BCUT2D eigenvalue weighted by atomic mass is 10.1. The van der Waals surface area contributed by atoms with Gasteiger partial charge in [-0.1, -0.05) is 24.3 Å². The van der Waals surface area contributed by atoms with E-state index in [1.54, 1.807) is 0 Å². The van der Waals surface area contributed by atoms with E-state index in [4.69, 9.17) is 4.74 Å². The van der Waals surface area contributed by atoms with Gasteiger partial charge in [-0.05, 0) is 62.6 Å². The molecule has 0 radical (unpaired) electrons. The zero-order valence-electron chi connectivity index (χ0n) is 12.2. The van der Waals surface area contributed by atoms with Gasteiger partial charge in [0.2, 0.25) is 0 Å². The molecule has 1 aliphatic heterocycles. The van der Waals surface area contributed by atoms with Crippen molar-refractivity contribution in [3.8, 4) is 5.75 Å². The summed E-state index contributed by atoms with van der Waals surface area (Å²) in [6.45, 7) is 3.23. The van der Waals surface area contributed by atoms with Crippen LogP contribution in [0.3, 0.4) is 0 Å². The number of nitrogens with zero attached hydrogens (tertiary/aromatic N) is 1. The summed E-state index contributed by atoms with van der Waals surface area (Å²) < 4.78 is 6.10. The molecule has 1 aliphatic carbocycles. The number of rotatable bonds is 4. The third-order valence-electron chi connectivity index (χ3n) is 4.28. The van der Waals surface area contributed by atoms with E-state index in [-0.39, 0.29) is 0 Å². The van der Waals surface area contributed by atoms with Gasteiger partial charge in [0.1, 0.15) is 5.75 Å². The minimum atomic E-state index is 0.378. The van der Waals surface area contributed by atoms with Gasteiger partial charge in [0.05, 0.1) is 12.1 Å². The van der Waals surface area contributed by atoms with Crippen molar-refractivity contribution in [2.75, 3.05) is 6.54 Å². The molecule has 20 heavy (non-hydrogen) atoms. The third-order valence-corrected chi connectivity index (χ3v) is 4.28. The van der Waals surface area contributed by atoms with E-state index in [2.05, 4.69) is 60.5 Å². The third kappa shape index (κ3) is 3.06. The number of hydrogen-bond acceptors (Lipinski definition) is 2. The fourth-order valence-electron chi connectivity index (χ4n) is 3.01. The zero-order chi connectivity index (χ0) is 13.8. The number of allylic oxidation sites excluding steroid dienone is 2. The first-order chi connectivity index (χ1) is 9.83. The second-order valence-corrected chi connectivity index (χ2v) is 5.74. The highest BCUT2D eigenvalue weighted by atomic mass is 16.5. The van der Waals surface area contributed by atoms with Crippen molar-refractivity contribution in [2.45, 2.75) is 44.8 Å². The Bertz CT molecular complexity index is 500. The van der Waals surface area contributed by atoms with Gasteiger partial charge in [-0.2, -0.15) is 0 Å². The highest BCUT2D eigenvalue weighted by molar-refractivity contribution is 5.31. The Morgan fingerprint density at radius 2 is 2.05 bits per heavy atom. The average Bonchev–Trinajstić information content (AvgIpc) is 3.01. The van der Waals surface area contributed by atoms with Gasteiger partial charge < -0.3 is 9.64 Å². The first kappa shape index (κ1) is 13.3. The summed E-state index contributed by atoms with van der Waals surface area (Å²) in [5.41, 5.74) is 1.32. The van der Waals surface area contributed by atoms with Crippen molar-refractivity contribution in [2.24, 2.45) is 0 Å². The van der Waals surface area contributed by atoms with Gasteiger partial charge in [-0.3, -0.25) is 0 Å². The first-order valence-corrected chi connectivity index (χ1v) is 7.68. The Balaban J connectivity index is 1.69. The molecule has 1 aromatic rings. The molecule has 1 heterocycles. The fraction of sp³-hybridized carbons (Fsp3) is 0.444. The van der Waals surface area contributed by atoms with E-state index >= 15 is 0 Å². The van der Waals surface area contributed by atoms with Crippen LogP contribution in [0.5, 0.6) is 5.75 Å². The Kier molecular flexibility index (Phi) is 4.10. The van der Waals surface area contributed by atoms with Crippen molar-refractivity contribution in [1.29, 1.82) is 0 Å². The molecule has 2 heteroatoms. The standard InChI is InChI=1S/C18H23NO/c1-15(19-12-5-2-6-13-19)16-8-7-11-18(14-16)20-17-9-3-4-10-17/h2,5-8,11-12,14-15,17H,3-4,9-10,13H2,1H3. The second-order valence-electron chi connectivity index (χ2n) is 5.74. The molecule has 0 aromatic heterocycles. The van der Waals surface area contributed by atoms with E-state index in [9.17, 15) is 0 Å². The predicted molar refractivity (Wildman–Crippen MR) is 82.7 cm³/mol. The normalized spacial score (nSPS) is 20.4. The highest BCUT2D eigenvalue weighted by Gasteiger charge is 2.17. The molecular formula is C18H23NO. The topological polar surface area (TPSA) is 12.5 Å². The van der Waals surface area contributed by atoms with Gasteiger partial charge in [-0.15, -0.1) is 0 Å². The molecule has 1 fully saturated rings. The lowest BCUT2D eigenvalue weighted by molar-refractivity contribution is 0.209. The van der Waals surface area contributed by atoms with E-state index in [1.807, 2.05) is 0 Å². The monoisotopic (exact) mass is 269 g/mol. The van der Waals surface area contributed by atoms with Crippen LogP contribution in [0.1, 0.15) is 44.2 Å². The number of ether oxygens (including phenoxy) is 1. The molecule has 1 unspecified atom stereocenters. The van der Waals surface area contributed by atoms with Crippen LogP contribution in [0.4, 0.5) is 0 Å². The van der Waals surface area contributed by atoms with Crippen LogP contribution in [-0.2, 0) is 0 Å². The summed E-state index contributed by atoms with van der Waals surface area (Å²) in [7, 11) is 0. The van der Waals surface area contributed by atoms with Gasteiger partial charge in [0, 0.05) is 6.54 Å². The Hall–Kier alpha value is -1.70. The van der Waals surface area contributed by atoms with Gasteiger partial charge in [0.15, 0.2) is 0 Å². The molecule has 1 saturated carbocycles. The molecular weight excluding hydrogens is 246 g/mol. The smallest absolute Gasteiger partial charge is 0.120 e. The van der Waals surface area contributed by atoms with Gasteiger partial charge in [0.25, 0.3) is 0 Å². The molecule has 1 aromatic carbocycles. The predicted octanol–water partition coefficient (Wildman–Crippen LogP) is 4.45. The molecule has 0 bridgehead atoms. The van der Waals surface area contributed by atoms with Crippen LogP contribution in [0.15, 0.2) is 48.7 Å². The van der Waals surface area contributed by atoms with Crippen LogP contribution in [0.2, 0.25) is 0 Å². The van der Waals surface area contributed by atoms with Gasteiger partial charge in [-0.25, -0.2) is 0 Å². The van der Waals surface area contributed by atoms with Crippen molar-refractivity contribution in [1.82, 2.24) is 4.90 Å². The largest absolute Gasteiger partial charge is 0.490 e. The maximum absolute atomic E-state index is 6.10. The molecule has 0 N–H and O–H groups in total. The van der Waals surface area contributed by atoms with Gasteiger partial charge >= 0.3 is 0 Å². The molecule has 2 aliphatic rings. The molecule has 106 valence electrons. The molecule has 1 atom stereocenters. The summed E-state index contributed by atoms with van der Waals surface area (Å²) in [6, 6.07) is 8.97. The van der Waals surface area contributed by atoms with E-state index in [0.717, 1.165) is 12.3 Å². The number of hydrogen-bond donors (Lipinski definition) is 0. The summed E-state index contributed by atoms with van der Waals surface area (Å²) in [5.74, 6) is 1.03. The van der Waals surface area contributed by atoms with Crippen LogP contribution in [-0.4, -0.2) is 17.5 Å². The van der Waals surface area contributed by atoms with Crippen LogP contribution in [0, 0.1) is 0 Å². The summed E-state index contributed by atoms with van der Waals surface area (Å²) in [6.07, 6.45) is 14.0. The SMILES string of the molecule is CC(c1cccc(OC2CCCC2)c1)N1C=CC=CC1. The zero-order valence-corrected chi connectivity index (χ0v) is 12.2. The van der Waals surface area contributed by atoms with E-state index in [1.165, 1.54) is 31.2 Å². The number of benzene rings is 1. The lowest BCUT2D eigenvalue weighted by Crippen LogP contribution is -2.22. The van der Waals surface area contributed by atoms with Crippen molar-refractivity contribution in [3.05, 3.63) is 54.3 Å². The van der Waals surface area contributed by atoms with Crippen LogP contribution in [0.25, 0.3) is 0 Å². The Morgan fingerprint density at radius 1 is 1.20 bits per heavy atom. The molecule has 2 nitrogen and oxygen atoms in total. The lowest BCUT2D eigenvalue weighted by Gasteiger charge is -2.28. The Labute approximate surface area is 121 Å². The quantitative estimate of drug-likeness (QED) is 0.800.